The van der Waals surface area contributed by atoms with E-state index < -0.39 is 5.82 Å². The number of anilines is 1. The highest BCUT2D eigenvalue weighted by molar-refractivity contribution is 5.92. The van der Waals surface area contributed by atoms with Gasteiger partial charge in [0.25, 0.3) is 0 Å². The highest BCUT2D eigenvalue weighted by Crippen LogP contribution is 2.46. The van der Waals surface area contributed by atoms with Crippen molar-refractivity contribution in [3.63, 3.8) is 0 Å². The summed E-state index contributed by atoms with van der Waals surface area (Å²) in [6.45, 7) is 2.32. The fourth-order valence-corrected chi connectivity index (χ4v) is 5.78. The Morgan fingerprint density at radius 2 is 1.76 bits per heavy atom. The second kappa shape index (κ2) is 7.90. The van der Waals surface area contributed by atoms with Crippen molar-refractivity contribution >= 4 is 16.9 Å². The second-order valence-corrected chi connectivity index (χ2v) is 9.40. The minimum atomic E-state index is -0.431. The van der Waals surface area contributed by atoms with E-state index >= 15 is 0 Å². The van der Waals surface area contributed by atoms with Crippen molar-refractivity contribution in [2.24, 2.45) is 17.8 Å². The predicted octanol–water partition coefficient (Wildman–Crippen LogP) is 6.20. The molecule has 1 aromatic carbocycles. The van der Waals surface area contributed by atoms with Gasteiger partial charge in [-0.2, -0.15) is 0 Å². The number of H-pyrrole nitrogens is 1. The number of aromatic amines is 1. The van der Waals surface area contributed by atoms with Crippen LogP contribution in [0.5, 0.6) is 0 Å². The normalized spacial score (nSPS) is 24.3. The largest absolute Gasteiger partial charge is 0.367 e. The lowest BCUT2D eigenvalue weighted by molar-refractivity contribution is 0.0928. The number of benzene rings is 1. The number of hydrogen-bond donors (Lipinski definition) is 2. The van der Waals surface area contributed by atoms with Crippen molar-refractivity contribution in [2.45, 2.75) is 38.6 Å². The third-order valence-corrected chi connectivity index (χ3v) is 7.56. The van der Waals surface area contributed by atoms with E-state index in [-0.39, 0.29) is 5.82 Å². The van der Waals surface area contributed by atoms with Crippen LogP contribution in [0.25, 0.3) is 33.7 Å². The van der Waals surface area contributed by atoms with Gasteiger partial charge in [-0.1, -0.05) is 19.1 Å². The van der Waals surface area contributed by atoms with E-state index in [1.807, 2.05) is 6.07 Å². The molecule has 3 aliphatic rings. The number of hydrogen-bond acceptors (Lipinski definition) is 4. The van der Waals surface area contributed by atoms with Crippen molar-refractivity contribution in [1.82, 2.24) is 19.9 Å². The summed E-state index contributed by atoms with van der Waals surface area (Å²) >= 11 is 0. The Morgan fingerprint density at radius 1 is 0.970 bits per heavy atom. The Kier molecular flexibility index (Phi) is 4.85. The molecule has 5 nitrogen and oxygen atoms in total. The van der Waals surface area contributed by atoms with Gasteiger partial charge < -0.3 is 10.3 Å². The minimum Gasteiger partial charge on any atom is -0.367 e. The van der Waals surface area contributed by atoms with Crippen LogP contribution in [-0.4, -0.2) is 26.0 Å². The third kappa shape index (κ3) is 3.56. The molecule has 2 N–H and O–H groups in total. The summed E-state index contributed by atoms with van der Waals surface area (Å²) in [7, 11) is 0. The molecule has 0 amide bonds. The third-order valence-electron chi connectivity index (χ3n) is 7.56. The van der Waals surface area contributed by atoms with Crippen molar-refractivity contribution in [2.75, 3.05) is 5.32 Å². The lowest BCUT2D eigenvalue weighted by atomic mass is 9.62. The first-order valence-corrected chi connectivity index (χ1v) is 11.6. The summed E-state index contributed by atoms with van der Waals surface area (Å²) < 4.78 is 28.6. The van der Waals surface area contributed by atoms with Crippen LogP contribution in [0.2, 0.25) is 0 Å². The minimum absolute atomic E-state index is 0.329. The van der Waals surface area contributed by atoms with Crippen LogP contribution >= 0.6 is 0 Å². The summed E-state index contributed by atoms with van der Waals surface area (Å²) in [5.41, 5.74) is 2.09. The first kappa shape index (κ1) is 20.3. The lowest BCUT2D eigenvalue weighted by Crippen LogP contribution is -2.47. The molecule has 3 saturated carbocycles. The van der Waals surface area contributed by atoms with E-state index in [4.69, 9.17) is 4.98 Å². The Balaban J connectivity index is 1.47. The number of aromatic nitrogens is 4. The molecule has 0 spiro atoms. The number of nitrogens with zero attached hydrogens (tertiary/aromatic N) is 3. The Hall–Kier alpha value is -3.35. The van der Waals surface area contributed by atoms with Gasteiger partial charge in [0.1, 0.15) is 23.1 Å². The number of halogens is 2. The molecule has 2 unspecified atom stereocenters. The van der Waals surface area contributed by atoms with Crippen molar-refractivity contribution in [1.29, 1.82) is 0 Å². The zero-order valence-electron chi connectivity index (χ0n) is 18.4. The number of nitrogens with one attached hydrogen (secondary N) is 2. The SMILES string of the molecule is CC1C2CCC(CC2)C1Nc1cc(-c2ccccc2F)nc(-c2c[nH]c3ncc(F)cc23)n1. The molecule has 2 atom stereocenters. The van der Waals surface area contributed by atoms with Gasteiger partial charge in [-0.05, 0) is 61.6 Å². The smallest absolute Gasteiger partial charge is 0.164 e. The molecule has 3 aromatic heterocycles. The van der Waals surface area contributed by atoms with Gasteiger partial charge in [0.15, 0.2) is 5.82 Å². The van der Waals surface area contributed by atoms with E-state index in [2.05, 4.69) is 27.2 Å². The van der Waals surface area contributed by atoms with Crippen molar-refractivity contribution in [3.8, 4) is 22.6 Å². The van der Waals surface area contributed by atoms with Crippen LogP contribution in [0, 0.1) is 29.4 Å². The van der Waals surface area contributed by atoms with Crippen LogP contribution in [0.4, 0.5) is 14.6 Å². The first-order valence-electron chi connectivity index (χ1n) is 11.6. The van der Waals surface area contributed by atoms with E-state index in [1.54, 1.807) is 24.4 Å². The molecular weight excluding hydrogens is 420 g/mol. The second-order valence-electron chi connectivity index (χ2n) is 9.40. The van der Waals surface area contributed by atoms with Gasteiger partial charge in [0.05, 0.1) is 11.9 Å². The summed E-state index contributed by atoms with van der Waals surface area (Å²) in [4.78, 5) is 16.7. The quantitative estimate of drug-likeness (QED) is 0.392. The standard InChI is InChI=1S/C26H25F2N5/c1-14-15-6-8-16(9-7-15)24(14)32-23-11-22(18-4-2-3-5-21(18)28)31-26(33-23)20-13-30-25-19(20)10-17(27)12-29-25/h2-5,10-16,24H,6-9H2,1H3,(H,29,30)(H,31,32,33). The van der Waals surface area contributed by atoms with E-state index in [1.165, 1.54) is 44.0 Å². The van der Waals surface area contributed by atoms with Gasteiger partial charge in [0, 0.05) is 34.8 Å². The highest BCUT2D eigenvalue weighted by Gasteiger charge is 2.41. The van der Waals surface area contributed by atoms with E-state index in [0.717, 1.165) is 5.92 Å². The molecule has 2 bridgehead atoms. The molecular formula is C26H25F2N5. The average molecular weight is 446 g/mol. The maximum absolute atomic E-state index is 14.7. The molecule has 0 saturated heterocycles. The topological polar surface area (TPSA) is 66.5 Å². The van der Waals surface area contributed by atoms with Gasteiger partial charge in [0.2, 0.25) is 0 Å². The fourth-order valence-electron chi connectivity index (χ4n) is 5.78. The van der Waals surface area contributed by atoms with Crippen molar-refractivity contribution < 1.29 is 8.78 Å². The van der Waals surface area contributed by atoms with Gasteiger partial charge >= 0.3 is 0 Å². The van der Waals surface area contributed by atoms with Crippen LogP contribution in [0.1, 0.15) is 32.6 Å². The molecule has 3 fully saturated rings. The number of rotatable bonds is 4. The molecule has 7 rings (SSSR count). The van der Waals surface area contributed by atoms with E-state index in [0.29, 0.717) is 57.4 Å². The van der Waals surface area contributed by atoms with Crippen LogP contribution < -0.4 is 5.32 Å². The summed E-state index contributed by atoms with van der Waals surface area (Å²) in [6, 6.07) is 10.2. The molecule has 3 aliphatic carbocycles. The summed E-state index contributed by atoms with van der Waals surface area (Å²) in [6.07, 6.45) is 7.97. The first-order chi connectivity index (χ1) is 16.1. The van der Waals surface area contributed by atoms with Gasteiger partial charge in [-0.3, -0.25) is 0 Å². The molecule has 0 radical (unpaired) electrons. The maximum atomic E-state index is 14.7. The van der Waals surface area contributed by atoms with Crippen LogP contribution in [-0.2, 0) is 0 Å². The Morgan fingerprint density at radius 3 is 2.55 bits per heavy atom. The maximum Gasteiger partial charge on any atom is 0.164 e. The Labute approximate surface area is 190 Å². The zero-order valence-corrected chi connectivity index (χ0v) is 18.4. The fraction of sp³-hybridized carbons (Fsp3) is 0.346. The lowest BCUT2D eigenvalue weighted by Gasteiger charge is -2.47. The van der Waals surface area contributed by atoms with Crippen LogP contribution in [0.3, 0.4) is 0 Å². The van der Waals surface area contributed by atoms with Gasteiger partial charge in [-0.15, -0.1) is 0 Å². The molecule has 4 aromatic rings. The van der Waals surface area contributed by atoms with Crippen LogP contribution in [0.15, 0.2) is 48.8 Å². The van der Waals surface area contributed by atoms with Gasteiger partial charge in [-0.25, -0.2) is 23.7 Å². The Bertz CT molecular complexity index is 1320. The van der Waals surface area contributed by atoms with Crippen molar-refractivity contribution in [3.05, 3.63) is 60.4 Å². The summed E-state index contributed by atoms with van der Waals surface area (Å²) in [5.74, 6) is 2.21. The predicted molar refractivity (Wildman–Crippen MR) is 124 cm³/mol. The molecule has 0 aliphatic heterocycles. The average Bonchev–Trinajstić information content (AvgIpc) is 3.25. The monoisotopic (exact) mass is 445 g/mol. The molecule has 7 heteroatoms. The summed E-state index contributed by atoms with van der Waals surface area (Å²) in [5, 5.41) is 4.27. The zero-order chi connectivity index (χ0) is 22.5. The van der Waals surface area contributed by atoms with E-state index in [9.17, 15) is 8.78 Å². The molecule has 3 heterocycles. The molecule has 168 valence electrons. The number of pyridine rings is 1. The number of fused-ring (bicyclic) bond motifs is 4. The highest BCUT2D eigenvalue weighted by atomic mass is 19.1. The molecule has 33 heavy (non-hydrogen) atoms.